The molecule has 2 heterocycles. The molecule has 0 aliphatic carbocycles. The average molecular weight is 440 g/mol. The molecular weight excluding hydrogens is 421 g/mol. The number of anilines is 1. The first-order valence-electron chi connectivity index (χ1n) is 9.31. The number of nitrogens with zero attached hydrogens (tertiary/aromatic N) is 4. The SMILES string of the molecule is Cc1nn(-c2ccc(Cl)c(Cl)c2)c(C)c1CC(=O)Nc1ccc(-n2ccnc2)cc1. The molecule has 0 fully saturated rings. The Bertz CT molecular complexity index is 1200. The van der Waals surface area contributed by atoms with Crippen LogP contribution in [0.2, 0.25) is 10.0 Å². The fourth-order valence-electron chi connectivity index (χ4n) is 3.29. The minimum atomic E-state index is -0.106. The van der Waals surface area contributed by atoms with E-state index in [9.17, 15) is 4.79 Å². The number of carbonyl (C=O) groups excluding carboxylic acids is 1. The van der Waals surface area contributed by atoms with Crippen LogP contribution in [0.1, 0.15) is 17.0 Å². The monoisotopic (exact) mass is 439 g/mol. The number of benzene rings is 2. The Kier molecular flexibility index (Phi) is 5.61. The fraction of sp³-hybridized carbons (Fsp3) is 0.136. The summed E-state index contributed by atoms with van der Waals surface area (Å²) in [6, 6.07) is 12.9. The van der Waals surface area contributed by atoms with Gasteiger partial charge in [0, 0.05) is 35.0 Å². The standard InChI is InChI=1S/C22H19Cl2N5O/c1-14-19(15(2)29(27-14)18-7-8-20(23)21(24)11-18)12-22(30)26-16-3-5-17(6-4-16)28-10-9-25-13-28/h3-11,13H,12H2,1-2H3,(H,26,30). The number of aryl methyl sites for hydroxylation is 1. The van der Waals surface area contributed by atoms with Crippen LogP contribution in [0.15, 0.2) is 61.2 Å². The van der Waals surface area contributed by atoms with Crippen molar-refractivity contribution >= 4 is 34.8 Å². The zero-order valence-corrected chi connectivity index (χ0v) is 17.9. The maximum absolute atomic E-state index is 12.6. The van der Waals surface area contributed by atoms with Gasteiger partial charge in [0.05, 0.1) is 34.2 Å². The van der Waals surface area contributed by atoms with Crippen molar-refractivity contribution in [2.24, 2.45) is 0 Å². The number of carbonyl (C=O) groups is 1. The molecular formula is C22H19Cl2N5O. The Morgan fingerprint density at radius 1 is 1.03 bits per heavy atom. The Hall–Kier alpha value is -3.09. The quantitative estimate of drug-likeness (QED) is 0.466. The van der Waals surface area contributed by atoms with E-state index in [1.54, 1.807) is 29.3 Å². The maximum Gasteiger partial charge on any atom is 0.228 e. The van der Waals surface area contributed by atoms with E-state index >= 15 is 0 Å². The number of aromatic nitrogens is 4. The second kappa shape index (κ2) is 8.34. The van der Waals surface area contributed by atoms with Crippen molar-refractivity contribution in [1.29, 1.82) is 0 Å². The first-order chi connectivity index (χ1) is 14.4. The smallest absolute Gasteiger partial charge is 0.228 e. The van der Waals surface area contributed by atoms with Gasteiger partial charge in [-0.3, -0.25) is 4.79 Å². The predicted octanol–water partition coefficient (Wildman–Crippen LogP) is 5.16. The number of nitrogens with one attached hydrogen (secondary N) is 1. The van der Waals surface area contributed by atoms with Gasteiger partial charge in [0.2, 0.25) is 5.91 Å². The highest BCUT2D eigenvalue weighted by Crippen LogP contribution is 2.26. The van der Waals surface area contributed by atoms with Crippen LogP contribution >= 0.6 is 23.2 Å². The van der Waals surface area contributed by atoms with Crippen molar-refractivity contribution in [3.05, 3.63) is 88.2 Å². The molecule has 0 atom stereocenters. The van der Waals surface area contributed by atoms with Crippen LogP contribution in [0.5, 0.6) is 0 Å². The highest BCUT2D eigenvalue weighted by Gasteiger charge is 2.16. The average Bonchev–Trinajstić information content (AvgIpc) is 3.35. The summed E-state index contributed by atoms with van der Waals surface area (Å²) in [5.74, 6) is -0.106. The van der Waals surface area contributed by atoms with Crippen molar-refractivity contribution in [2.45, 2.75) is 20.3 Å². The third kappa shape index (κ3) is 4.10. The summed E-state index contributed by atoms with van der Waals surface area (Å²) in [5.41, 5.74) is 5.07. The number of amides is 1. The van der Waals surface area contributed by atoms with E-state index < -0.39 is 0 Å². The summed E-state index contributed by atoms with van der Waals surface area (Å²) in [6.45, 7) is 3.83. The number of imidazole rings is 1. The molecule has 30 heavy (non-hydrogen) atoms. The summed E-state index contributed by atoms with van der Waals surface area (Å²) in [4.78, 5) is 16.7. The van der Waals surface area contributed by atoms with E-state index in [0.29, 0.717) is 10.0 Å². The van der Waals surface area contributed by atoms with Crippen LogP contribution < -0.4 is 5.32 Å². The molecule has 0 spiro atoms. The number of rotatable bonds is 5. The normalized spacial score (nSPS) is 10.9. The van der Waals surface area contributed by atoms with Crippen LogP contribution in [0.4, 0.5) is 5.69 Å². The minimum absolute atomic E-state index is 0.106. The van der Waals surface area contributed by atoms with Crippen LogP contribution in [-0.2, 0) is 11.2 Å². The van der Waals surface area contributed by atoms with Gasteiger partial charge in [-0.05, 0) is 56.3 Å². The van der Waals surface area contributed by atoms with E-state index in [1.165, 1.54) is 0 Å². The molecule has 0 bridgehead atoms. The summed E-state index contributed by atoms with van der Waals surface area (Å²) in [7, 11) is 0. The Morgan fingerprint density at radius 2 is 1.77 bits per heavy atom. The van der Waals surface area contributed by atoms with Crippen molar-refractivity contribution in [1.82, 2.24) is 19.3 Å². The molecule has 4 rings (SSSR count). The molecule has 2 aromatic carbocycles. The van der Waals surface area contributed by atoms with Crippen molar-refractivity contribution < 1.29 is 4.79 Å². The van der Waals surface area contributed by atoms with Gasteiger partial charge in [-0.1, -0.05) is 23.2 Å². The number of hydrogen-bond acceptors (Lipinski definition) is 3. The largest absolute Gasteiger partial charge is 0.326 e. The fourth-order valence-corrected chi connectivity index (χ4v) is 3.59. The summed E-state index contributed by atoms with van der Waals surface area (Å²) >= 11 is 12.1. The molecule has 1 amide bonds. The molecule has 0 aliphatic heterocycles. The second-order valence-corrected chi connectivity index (χ2v) is 7.72. The summed E-state index contributed by atoms with van der Waals surface area (Å²) < 4.78 is 3.68. The molecule has 0 saturated carbocycles. The van der Waals surface area contributed by atoms with Gasteiger partial charge in [0.15, 0.2) is 0 Å². The van der Waals surface area contributed by atoms with Gasteiger partial charge in [0.25, 0.3) is 0 Å². The van der Waals surface area contributed by atoms with E-state index in [-0.39, 0.29) is 12.3 Å². The zero-order valence-electron chi connectivity index (χ0n) is 16.4. The predicted molar refractivity (Wildman–Crippen MR) is 119 cm³/mol. The van der Waals surface area contributed by atoms with Gasteiger partial charge < -0.3 is 9.88 Å². The first kappa shape index (κ1) is 20.2. The minimum Gasteiger partial charge on any atom is -0.326 e. The first-order valence-corrected chi connectivity index (χ1v) is 10.1. The zero-order chi connectivity index (χ0) is 21.3. The summed E-state index contributed by atoms with van der Waals surface area (Å²) in [6.07, 6.45) is 5.54. The molecule has 0 radical (unpaired) electrons. The highest BCUT2D eigenvalue weighted by molar-refractivity contribution is 6.42. The molecule has 0 aliphatic rings. The van der Waals surface area contributed by atoms with E-state index in [0.717, 1.165) is 34.0 Å². The van der Waals surface area contributed by atoms with Gasteiger partial charge in [-0.25, -0.2) is 9.67 Å². The van der Waals surface area contributed by atoms with Crippen LogP contribution in [0.3, 0.4) is 0 Å². The molecule has 6 nitrogen and oxygen atoms in total. The molecule has 1 N–H and O–H groups in total. The third-order valence-corrected chi connectivity index (χ3v) is 5.62. The van der Waals surface area contributed by atoms with Crippen molar-refractivity contribution in [3.63, 3.8) is 0 Å². The molecule has 0 saturated heterocycles. The van der Waals surface area contributed by atoms with Gasteiger partial charge in [-0.15, -0.1) is 0 Å². The second-order valence-electron chi connectivity index (χ2n) is 6.90. The van der Waals surface area contributed by atoms with Gasteiger partial charge >= 0.3 is 0 Å². The van der Waals surface area contributed by atoms with E-state index in [1.807, 2.05) is 54.9 Å². The highest BCUT2D eigenvalue weighted by atomic mass is 35.5. The molecule has 0 unspecified atom stereocenters. The van der Waals surface area contributed by atoms with Crippen molar-refractivity contribution in [3.8, 4) is 11.4 Å². The van der Waals surface area contributed by atoms with Crippen LogP contribution in [0.25, 0.3) is 11.4 Å². The topological polar surface area (TPSA) is 64.7 Å². The van der Waals surface area contributed by atoms with Crippen molar-refractivity contribution in [2.75, 3.05) is 5.32 Å². The lowest BCUT2D eigenvalue weighted by atomic mass is 10.1. The molecule has 152 valence electrons. The Morgan fingerprint density at radius 3 is 2.43 bits per heavy atom. The van der Waals surface area contributed by atoms with Crippen LogP contribution in [0, 0.1) is 13.8 Å². The van der Waals surface area contributed by atoms with Crippen LogP contribution in [-0.4, -0.2) is 25.2 Å². The molecule has 8 heteroatoms. The van der Waals surface area contributed by atoms with E-state index in [4.69, 9.17) is 23.2 Å². The third-order valence-electron chi connectivity index (χ3n) is 4.88. The summed E-state index contributed by atoms with van der Waals surface area (Å²) in [5, 5.41) is 8.47. The number of hydrogen-bond donors (Lipinski definition) is 1. The van der Waals surface area contributed by atoms with Gasteiger partial charge in [0.1, 0.15) is 0 Å². The molecule has 2 aromatic heterocycles. The maximum atomic E-state index is 12.6. The Labute approximate surface area is 184 Å². The lowest BCUT2D eigenvalue weighted by molar-refractivity contribution is -0.115. The number of halogens is 2. The van der Waals surface area contributed by atoms with Gasteiger partial charge in [-0.2, -0.15) is 5.10 Å². The lowest BCUT2D eigenvalue weighted by Crippen LogP contribution is -2.15. The Balaban J connectivity index is 1.49. The lowest BCUT2D eigenvalue weighted by Gasteiger charge is -2.08. The van der Waals surface area contributed by atoms with E-state index in [2.05, 4.69) is 15.4 Å². The molecule has 4 aromatic rings.